The van der Waals surface area contributed by atoms with Crippen LogP contribution < -0.4 is 10.6 Å². The highest BCUT2D eigenvalue weighted by atomic mass is 32.1. The van der Waals surface area contributed by atoms with E-state index in [0.29, 0.717) is 22.4 Å². The molecule has 0 saturated heterocycles. The molecule has 9 heteroatoms. The van der Waals surface area contributed by atoms with Gasteiger partial charge in [0, 0.05) is 27.8 Å². The van der Waals surface area contributed by atoms with Crippen molar-refractivity contribution >= 4 is 52.5 Å². The van der Waals surface area contributed by atoms with Gasteiger partial charge in [-0.25, -0.2) is 0 Å². The minimum absolute atomic E-state index is 0.0637. The largest absolute Gasteiger partial charge is 0.321 e. The molecule has 0 aliphatic heterocycles. The highest BCUT2D eigenvalue weighted by Gasteiger charge is 2.16. The lowest BCUT2D eigenvalue weighted by Crippen LogP contribution is -2.30. The first kappa shape index (κ1) is 25.9. The van der Waals surface area contributed by atoms with Crippen LogP contribution in [0, 0.1) is 10.1 Å². The second kappa shape index (κ2) is 12.2. The monoisotopic (exact) mass is 523 g/mol. The van der Waals surface area contributed by atoms with E-state index in [1.807, 2.05) is 17.5 Å². The molecule has 4 rings (SSSR count). The number of hydrogen-bond donors (Lipinski definition) is 2. The van der Waals surface area contributed by atoms with Gasteiger partial charge in [-0.3, -0.25) is 24.5 Å². The summed E-state index contributed by atoms with van der Waals surface area (Å²) in [5.41, 5.74) is 1.45. The molecule has 8 nitrogen and oxygen atoms in total. The average Bonchev–Trinajstić information content (AvgIpc) is 3.45. The second-order valence-electron chi connectivity index (χ2n) is 7.94. The molecule has 0 unspecified atom stereocenters. The van der Waals surface area contributed by atoms with Crippen LogP contribution in [0.4, 0.5) is 11.4 Å². The number of carbonyl (C=O) groups is 3. The first-order chi connectivity index (χ1) is 18.4. The summed E-state index contributed by atoms with van der Waals surface area (Å²) in [7, 11) is 0. The normalized spacial score (nSPS) is 11.2. The third-order valence-corrected chi connectivity index (χ3v) is 6.15. The minimum Gasteiger partial charge on any atom is -0.321 e. The molecule has 0 radical (unpaired) electrons. The van der Waals surface area contributed by atoms with Gasteiger partial charge in [0.25, 0.3) is 17.5 Å². The Labute approximate surface area is 222 Å². The van der Waals surface area contributed by atoms with Gasteiger partial charge >= 0.3 is 0 Å². The number of nitro benzene ring substituents is 1. The van der Waals surface area contributed by atoms with Crippen LogP contribution in [0.15, 0.2) is 108 Å². The number of nitrogens with one attached hydrogen (secondary N) is 2. The van der Waals surface area contributed by atoms with Gasteiger partial charge in [-0.05, 0) is 72.1 Å². The second-order valence-corrected chi connectivity index (χ2v) is 8.92. The van der Waals surface area contributed by atoms with Crippen molar-refractivity contribution in [2.75, 3.05) is 5.32 Å². The average molecular weight is 524 g/mol. The number of amides is 2. The predicted octanol–water partition coefficient (Wildman–Crippen LogP) is 5.96. The van der Waals surface area contributed by atoms with Gasteiger partial charge in [0.2, 0.25) is 0 Å². The van der Waals surface area contributed by atoms with Crippen LogP contribution in [-0.4, -0.2) is 22.5 Å². The van der Waals surface area contributed by atoms with Crippen LogP contribution >= 0.6 is 11.3 Å². The van der Waals surface area contributed by atoms with Crippen molar-refractivity contribution in [1.29, 1.82) is 0 Å². The first-order valence-corrected chi connectivity index (χ1v) is 12.3. The fourth-order valence-electron chi connectivity index (χ4n) is 3.43. The van der Waals surface area contributed by atoms with E-state index in [9.17, 15) is 24.5 Å². The van der Waals surface area contributed by atoms with E-state index in [1.54, 1.807) is 66.7 Å². The maximum atomic E-state index is 13.0. The SMILES string of the molecule is O=C(Nc1ccc(C(=O)/C=C/c2ccccc2[N+](=O)[O-])cc1)/C(=C/c1cccs1)NC(=O)c1ccccc1. The number of rotatable bonds is 9. The highest BCUT2D eigenvalue weighted by Crippen LogP contribution is 2.20. The van der Waals surface area contributed by atoms with Crippen LogP contribution in [-0.2, 0) is 4.79 Å². The number of anilines is 1. The quantitative estimate of drug-likeness (QED) is 0.121. The van der Waals surface area contributed by atoms with Gasteiger partial charge in [0.15, 0.2) is 5.78 Å². The number of nitrogens with zero attached hydrogens (tertiary/aromatic N) is 1. The molecule has 4 aromatic rings. The summed E-state index contributed by atoms with van der Waals surface area (Å²) in [5.74, 6) is -1.30. The van der Waals surface area contributed by atoms with E-state index in [-0.39, 0.29) is 17.2 Å². The first-order valence-electron chi connectivity index (χ1n) is 11.4. The smallest absolute Gasteiger partial charge is 0.276 e. The summed E-state index contributed by atoms with van der Waals surface area (Å²) in [4.78, 5) is 49.7. The van der Waals surface area contributed by atoms with Gasteiger partial charge in [-0.2, -0.15) is 0 Å². The number of hydrogen-bond acceptors (Lipinski definition) is 6. The van der Waals surface area contributed by atoms with Gasteiger partial charge in [0.1, 0.15) is 5.70 Å². The van der Waals surface area contributed by atoms with Gasteiger partial charge in [-0.1, -0.05) is 36.4 Å². The fourth-order valence-corrected chi connectivity index (χ4v) is 4.09. The number of benzene rings is 3. The van der Waals surface area contributed by atoms with E-state index >= 15 is 0 Å². The minimum atomic E-state index is -0.530. The van der Waals surface area contributed by atoms with Crippen molar-refractivity contribution in [1.82, 2.24) is 5.32 Å². The molecule has 0 aliphatic rings. The van der Waals surface area contributed by atoms with Gasteiger partial charge < -0.3 is 10.6 Å². The number of ketones is 1. The lowest BCUT2D eigenvalue weighted by molar-refractivity contribution is -0.385. The predicted molar refractivity (Wildman–Crippen MR) is 148 cm³/mol. The zero-order chi connectivity index (χ0) is 26.9. The summed E-state index contributed by atoms with van der Waals surface area (Å²) in [6.45, 7) is 0. The molecule has 1 heterocycles. The number of allylic oxidation sites excluding steroid dienone is 1. The molecule has 3 aromatic carbocycles. The molecule has 0 bridgehead atoms. The molecule has 0 fully saturated rings. The Balaban J connectivity index is 1.46. The Hall–Kier alpha value is -5.15. The maximum Gasteiger partial charge on any atom is 0.276 e. The maximum absolute atomic E-state index is 13.0. The zero-order valence-corrected chi connectivity index (χ0v) is 20.7. The Morgan fingerprint density at radius 2 is 1.53 bits per heavy atom. The molecule has 0 aliphatic carbocycles. The standard InChI is InChI=1S/C29H21N3O5S/c33-27(17-14-20-7-4-5-11-26(20)32(36)37)21-12-15-23(16-13-21)30-29(35)25(19-24-10-6-18-38-24)31-28(34)22-8-2-1-3-9-22/h1-19H,(H,30,35)(H,31,34)/b17-14+,25-19-. The number of thiophene rings is 1. The lowest BCUT2D eigenvalue weighted by Gasteiger charge is -2.11. The van der Waals surface area contributed by atoms with Crippen molar-refractivity contribution < 1.29 is 19.3 Å². The molecule has 38 heavy (non-hydrogen) atoms. The van der Waals surface area contributed by atoms with Gasteiger partial charge in [-0.15, -0.1) is 11.3 Å². The van der Waals surface area contributed by atoms with Crippen LogP contribution in [0.3, 0.4) is 0 Å². The molecule has 2 N–H and O–H groups in total. The molecule has 188 valence electrons. The van der Waals surface area contributed by atoms with Crippen molar-refractivity contribution in [3.8, 4) is 0 Å². The molecule has 0 saturated carbocycles. The summed E-state index contributed by atoms with van der Waals surface area (Å²) in [6.07, 6.45) is 4.25. The molecule has 0 spiro atoms. The topological polar surface area (TPSA) is 118 Å². The highest BCUT2D eigenvalue weighted by molar-refractivity contribution is 7.10. The summed E-state index contributed by atoms with van der Waals surface area (Å²) in [5, 5.41) is 18.4. The fraction of sp³-hybridized carbons (Fsp3) is 0. The zero-order valence-electron chi connectivity index (χ0n) is 19.9. The summed E-state index contributed by atoms with van der Waals surface area (Å²) in [6, 6.07) is 24.5. The van der Waals surface area contributed by atoms with E-state index in [2.05, 4.69) is 10.6 Å². The van der Waals surface area contributed by atoms with Gasteiger partial charge in [0.05, 0.1) is 10.5 Å². The molecule has 2 amide bonds. The van der Waals surface area contributed by atoms with E-state index in [1.165, 1.54) is 41.7 Å². The summed E-state index contributed by atoms with van der Waals surface area (Å²) >= 11 is 1.42. The molecule has 0 atom stereocenters. The Bertz CT molecular complexity index is 1530. The molecular weight excluding hydrogens is 502 g/mol. The van der Waals surface area contributed by atoms with Crippen molar-refractivity contribution in [2.45, 2.75) is 0 Å². The van der Waals surface area contributed by atoms with Crippen LogP contribution in [0.2, 0.25) is 0 Å². The number of nitro groups is 1. The Morgan fingerprint density at radius 1 is 0.816 bits per heavy atom. The Kier molecular flexibility index (Phi) is 8.32. The van der Waals surface area contributed by atoms with Crippen LogP contribution in [0.5, 0.6) is 0 Å². The third kappa shape index (κ3) is 6.74. The lowest BCUT2D eigenvalue weighted by atomic mass is 10.1. The van der Waals surface area contributed by atoms with Crippen molar-refractivity contribution in [3.05, 3.63) is 140 Å². The number of carbonyl (C=O) groups excluding carboxylic acids is 3. The molecular formula is C29H21N3O5S. The van der Waals surface area contributed by atoms with E-state index in [0.717, 1.165) is 4.88 Å². The van der Waals surface area contributed by atoms with E-state index < -0.39 is 16.7 Å². The number of para-hydroxylation sites is 1. The molecule has 1 aromatic heterocycles. The van der Waals surface area contributed by atoms with E-state index in [4.69, 9.17) is 0 Å². The van der Waals surface area contributed by atoms with Crippen molar-refractivity contribution in [2.24, 2.45) is 0 Å². The summed E-state index contributed by atoms with van der Waals surface area (Å²) < 4.78 is 0. The van der Waals surface area contributed by atoms with Crippen molar-refractivity contribution in [3.63, 3.8) is 0 Å². The third-order valence-electron chi connectivity index (χ3n) is 5.33. The van der Waals surface area contributed by atoms with Crippen LogP contribution in [0.25, 0.3) is 12.2 Å². The van der Waals surface area contributed by atoms with Crippen LogP contribution in [0.1, 0.15) is 31.2 Å². The Morgan fingerprint density at radius 3 is 2.21 bits per heavy atom.